The molecule has 0 saturated carbocycles. The lowest BCUT2D eigenvalue weighted by atomic mass is 10.1. The molecule has 1 rings (SSSR count). The van der Waals surface area contributed by atoms with Crippen LogP contribution in [0.4, 0.5) is 0 Å². The zero-order chi connectivity index (χ0) is 14.5. The van der Waals surface area contributed by atoms with Crippen LogP contribution in [0.25, 0.3) is 0 Å². The molecule has 0 radical (unpaired) electrons. The van der Waals surface area contributed by atoms with Crippen LogP contribution < -0.4 is 5.32 Å². The Morgan fingerprint density at radius 1 is 1.00 bits per heavy atom. The van der Waals surface area contributed by atoms with E-state index in [0.717, 1.165) is 38.6 Å². The van der Waals surface area contributed by atoms with E-state index in [2.05, 4.69) is 41.8 Å². The van der Waals surface area contributed by atoms with E-state index in [0.29, 0.717) is 0 Å². The molecule has 1 atom stereocenters. The van der Waals surface area contributed by atoms with E-state index in [4.69, 9.17) is 5.11 Å². The zero-order valence-corrected chi connectivity index (χ0v) is 12.3. The number of nitrogens with one attached hydrogen (secondary N) is 1. The first-order chi connectivity index (χ1) is 9.79. The zero-order valence-electron chi connectivity index (χ0n) is 12.3. The first kappa shape index (κ1) is 16.7. The van der Waals surface area contributed by atoms with Gasteiger partial charge in [0.25, 0.3) is 0 Å². The van der Waals surface area contributed by atoms with Crippen LogP contribution in [0.3, 0.4) is 0 Å². The Balaban J connectivity index is 2.44. The molecule has 0 bridgehead atoms. The predicted octanol–water partition coefficient (Wildman–Crippen LogP) is 3.83. The number of aliphatic carboxylic acids is 1. The molecule has 0 aliphatic carbocycles. The van der Waals surface area contributed by atoms with Crippen LogP contribution in [0.5, 0.6) is 0 Å². The van der Waals surface area contributed by atoms with Crippen LogP contribution in [-0.4, -0.2) is 23.7 Å². The fraction of sp³-hybridized carbons (Fsp3) is 0.588. The van der Waals surface area contributed by atoms with Crippen LogP contribution in [-0.2, 0) is 4.79 Å². The molecule has 3 heteroatoms. The van der Waals surface area contributed by atoms with Crippen molar-refractivity contribution in [3.8, 4) is 0 Å². The Bertz CT molecular complexity index is 345. The summed E-state index contributed by atoms with van der Waals surface area (Å²) in [6.07, 6.45) is 20.6. The number of rotatable bonds is 2. The summed E-state index contributed by atoms with van der Waals surface area (Å²) in [7, 11) is 0. The molecule has 20 heavy (non-hydrogen) atoms. The smallest absolute Gasteiger partial charge is 0.304 e. The molecular formula is C17H27NO2. The van der Waals surface area contributed by atoms with Gasteiger partial charge < -0.3 is 10.4 Å². The number of hydrogen-bond donors (Lipinski definition) is 2. The highest BCUT2D eigenvalue weighted by Crippen LogP contribution is 2.05. The van der Waals surface area contributed by atoms with Crippen molar-refractivity contribution in [2.24, 2.45) is 0 Å². The van der Waals surface area contributed by atoms with E-state index in [9.17, 15) is 4.79 Å². The van der Waals surface area contributed by atoms with Crippen molar-refractivity contribution in [3.05, 3.63) is 36.5 Å². The highest BCUT2D eigenvalue weighted by Gasteiger charge is 2.10. The quantitative estimate of drug-likeness (QED) is 0.754. The normalized spacial score (nSPS) is 22.7. The topological polar surface area (TPSA) is 49.3 Å². The van der Waals surface area contributed by atoms with Gasteiger partial charge in [-0.3, -0.25) is 4.79 Å². The van der Waals surface area contributed by atoms with Crippen molar-refractivity contribution in [2.45, 2.75) is 57.4 Å². The van der Waals surface area contributed by atoms with Crippen molar-refractivity contribution in [1.82, 2.24) is 5.32 Å². The largest absolute Gasteiger partial charge is 0.481 e. The molecule has 112 valence electrons. The summed E-state index contributed by atoms with van der Waals surface area (Å²) in [6, 6.07) is 0.0560. The minimum absolute atomic E-state index is 0.0560. The summed E-state index contributed by atoms with van der Waals surface area (Å²) in [5.74, 6) is -0.727. The Labute approximate surface area is 122 Å². The van der Waals surface area contributed by atoms with Gasteiger partial charge in [-0.15, -0.1) is 0 Å². The minimum atomic E-state index is -0.727. The van der Waals surface area contributed by atoms with E-state index in [1.54, 1.807) is 0 Å². The van der Waals surface area contributed by atoms with Gasteiger partial charge in [0.05, 0.1) is 6.42 Å². The molecule has 0 aromatic heterocycles. The van der Waals surface area contributed by atoms with Crippen LogP contribution in [0.1, 0.15) is 51.4 Å². The summed E-state index contributed by atoms with van der Waals surface area (Å²) in [5, 5.41) is 12.3. The summed E-state index contributed by atoms with van der Waals surface area (Å²) in [5.41, 5.74) is 0. The lowest BCUT2D eigenvalue weighted by Crippen LogP contribution is -2.31. The van der Waals surface area contributed by atoms with Gasteiger partial charge in [-0.2, -0.15) is 0 Å². The van der Waals surface area contributed by atoms with E-state index in [1.165, 1.54) is 12.8 Å². The molecule has 0 amide bonds. The van der Waals surface area contributed by atoms with Crippen molar-refractivity contribution in [1.29, 1.82) is 0 Å². The summed E-state index contributed by atoms with van der Waals surface area (Å²) >= 11 is 0. The second-order valence-corrected chi connectivity index (χ2v) is 5.22. The van der Waals surface area contributed by atoms with Gasteiger partial charge in [-0.05, 0) is 45.1 Å². The predicted molar refractivity (Wildman–Crippen MR) is 83.8 cm³/mol. The van der Waals surface area contributed by atoms with Gasteiger partial charge in [-0.1, -0.05) is 42.9 Å². The second-order valence-electron chi connectivity index (χ2n) is 5.22. The van der Waals surface area contributed by atoms with Gasteiger partial charge >= 0.3 is 5.97 Å². The standard InChI is InChI=1S/C17H27NO2/c19-17(20)15-16-13-11-9-7-5-3-1-2-4-6-8-10-12-14-18-16/h2-5,9,11,16,18H,1,6-8,10,12-15H2,(H,19,20). The Kier molecular flexibility index (Phi) is 9.58. The maximum absolute atomic E-state index is 10.8. The highest BCUT2D eigenvalue weighted by molar-refractivity contribution is 5.67. The van der Waals surface area contributed by atoms with E-state index < -0.39 is 5.97 Å². The number of allylic oxidation sites excluding steroid dienone is 5. The Hall–Kier alpha value is -1.35. The highest BCUT2D eigenvalue weighted by atomic mass is 16.4. The Morgan fingerprint density at radius 2 is 1.70 bits per heavy atom. The second kappa shape index (κ2) is 11.5. The fourth-order valence-corrected chi connectivity index (χ4v) is 2.24. The van der Waals surface area contributed by atoms with Gasteiger partial charge in [0.1, 0.15) is 0 Å². The molecule has 0 aromatic rings. The molecule has 0 fully saturated rings. The number of carboxylic acid groups (broad SMARTS) is 1. The third-order valence-corrected chi connectivity index (χ3v) is 3.37. The fourth-order valence-electron chi connectivity index (χ4n) is 2.24. The minimum Gasteiger partial charge on any atom is -0.481 e. The maximum atomic E-state index is 10.8. The first-order valence-electron chi connectivity index (χ1n) is 7.69. The van der Waals surface area contributed by atoms with Crippen LogP contribution >= 0.6 is 0 Å². The average Bonchev–Trinajstić information content (AvgIpc) is 2.40. The molecule has 0 saturated heterocycles. The SMILES string of the molecule is O=C(O)CC1CC=CCC=CCC=CCCCCCN1. The lowest BCUT2D eigenvalue weighted by molar-refractivity contribution is -0.137. The molecule has 2 N–H and O–H groups in total. The Morgan fingerprint density at radius 3 is 2.45 bits per heavy atom. The summed E-state index contributed by atoms with van der Waals surface area (Å²) in [6.45, 7) is 0.912. The molecule has 0 spiro atoms. The van der Waals surface area contributed by atoms with Gasteiger partial charge in [-0.25, -0.2) is 0 Å². The third kappa shape index (κ3) is 9.56. The first-order valence-corrected chi connectivity index (χ1v) is 7.69. The molecule has 1 aliphatic heterocycles. The van der Waals surface area contributed by atoms with Crippen LogP contribution in [0.15, 0.2) is 36.5 Å². The van der Waals surface area contributed by atoms with Crippen molar-refractivity contribution in [2.75, 3.05) is 6.54 Å². The van der Waals surface area contributed by atoms with E-state index >= 15 is 0 Å². The van der Waals surface area contributed by atoms with Gasteiger partial charge in [0.2, 0.25) is 0 Å². The molecule has 0 aromatic carbocycles. The molecule has 3 nitrogen and oxygen atoms in total. The molecular weight excluding hydrogens is 250 g/mol. The molecule has 1 unspecified atom stereocenters. The molecule has 1 heterocycles. The summed E-state index contributed by atoms with van der Waals surface area (Å²) in [4.78, 5) is 10.8. The monoisotopic (exact) mass is 277 g/mol. The number of hydrogen-bond acceptors (Lipinski definition) is 2. The van der Waals surface area contributed by atoms with Crippen molar-refractivity contribution in [3.63, 3.8) is 0 Å². The van der Waals surface area contributed by atoms with Crippen molar-refractivity contribution < 1.29 is 9.90 Å². The van der Waals surface area contributed by atoms with Crippen LogP contribution in [0.2, 0.25) is 0 Å². The lowest BCUT2D eigenvalue weighted by Gasteiger charge is -2.15. The number of carboxylic acids is 1. The number of carbonyl (C=O) groups is 1. The van der Waals surface area contributed by atoms with E-state index in [-0.39, 0.29) is 12.5 Å². The van der Waals surface area contributed by atoms with Crippen molar-refractivity contribution >= 4 is 5.97 Å². The van der Waals surface area contributed by atoms with Gasteiger partial charge in [0.15, 0.2) is 0 Å². The van der Waals surface area contributed by atoms with Gasteiger partial charge in [0, 0.05) is 6.04 Å². The van der Waals surface area contributed by atoms with E-state index in [1.807, 2.05) is 0 Å². The third-order valence-electron chi connectivity index (χ3n) is 3.37. The average molecular weight is 277 g/mol. The molecule has 1 aliphatic rings. The van der Waals surface area contributed by atoms with Crippen LogP contribution in [0, 0.1) is 0 Å². The maximum Gasteiger partial charge on any atom is 0.304 e. The summed E-state index contributed by atoms with van der Waals surface area (Å²) < 4.78 is 0.